The first-order valence-electron chi connectivity index (χ1n) is 7.31. The summed E-state index contributed by atoms with van der Waals surface area (Å²) in [7, 11) is 0. The lowest BCUT2D eigenvalue weighted by Gasteiger charge is -2.20. The SMILES string of the molecule is C=CCN(CC(=O)OCC)C(=O)CCNC(=O)C1CC1C. The summed E-state index contributed by atoms with van der Waals surface area (Å²) >= 11 is 0. The Labute approximate surface area is 125 Å². The third kappa shape index (κ3) is 5.97. The van der Waals surface area contributed by atoms with Crippen LogP contribution in [0.15, 0.2) is 12.7 Å². The molecule has 2 amide bonds. The van der Waals surface area contributed by atoms with Gasteiger partial charge in [-0.25, -0.2) is 0 Å². The van der Waals surface area contributed by atoms with Gasteiger partial charge in [-0.05, 0) is 19.3 Å². The minimum atomic E-state index is -0.441. The van der Waals surface area contributed by atoms with Crippen molar-refractivity contribution in [3.63, 3.8) is 0 Å². The second-order valence-corrected chi connectivity index (χ2v) is 5.23. The molecule has 6 nitrogen and oxygen atoms in total. The summed E-state index contributed by atoms with van der Waals surface area (Å²) in [6, 6.07) is 0. The number of amides is 2. The largest absolute Gasteiger partial charge is 0.465 e. The van der Waals surface area contributed by atoms with Crippen LogP contribution in [0.3, 0.4) is 0 Å². The molecule has 0 heterocycles. The monoisotopic (exact) mass is 296 g/mol. The summed E-state index contributed by atoms with van der Waals surface area (Å²) in [6.07, 6.45) is 2.65. The van der Waals surface area contributed by atoms with E-state index < -0.39 is 5.97 Å². The Kier molecular flexibility index (Phi) is 6.91. The van der Waals surface area contributed by atoms with Crippen LogP contribution in [-0.2, 0) is 19.1 Å². The van der Waals surface area contributed by atoms with Crippen molar-refractivity contribution in [3.05, 3.63) is 12.7 Å². The van der Waals surface area contributed by atoms with E-state index >= 15 is 0 Å². The van der Waals surface area contributed by atoms with Crippen molar-refractivity contribution in [3.8, 4) is 0 Å². The first-order chi connectivity index (χ1) is 9.99. The van der Waals surface area contributed by atoms with Crippen molar-refractivity contribution in [2.24, 2.45) is 11.8 Å². The first-order valence-corrected chi connectivity index (χ1v) is 7.31. The standard InChI is InChI=1S/C15H24N2O4/c1-4-8-17(10-14(19)21-5-2)13(18)6-7-16-15(20)12-9-11(12)3/h4,11-12H,1,5-10H2,2-3H3,(H,16,20). The van der Waals surface area contributed by atoms with E-state index in [9.17, 15) is 14.4 Å². The smallest absolute Gasteiger partial charge is 0.325 e. The molecule has 2 unspecified atom stereocenters. The van der Waals surface area contributed by atoms with E-state index in [1.54, 1.807) is 13.0 Å². The molecule has 118 valence electrons. The number of rotatable bonds is 9. The zero-order valence-electron chi connectivity index (χ0n) is 12.8. The quantitative estimate of drug-likeness (QED) is 0.502. The van der Waals surface area contributed by atoms with Gasteiger partial charge in [0.1, 0.15) is 6.54 Å². The number of nitrogens with zero attached hydrogens (tertiary/aromatic N) is 1. The van der Waals surface area contributed by atoms with Crippen LogP contribution in [-0.4, -0.2) is 48.9 Å². The summed E-state index contributed by atoms with van der Waals surface area (Å²) in [6.45, 7) is 8.07. The second kappa shape index (κ2) is 8.44. The van der Waals surface area contributed by atoms with Crippen LogP contribution in [0.1, 0.15) is 26.7 Å². The highest BCUT2D eigenvalue weighted by molar-refractivity contribution is 5.84. The van der Waals surface area contributed by atoms with Crippen LogP contribution in [0.25, 0.3) is 0 Å². The molecular formula is C15H24N2O4. The molecule has 0 aromatic carbocycles. The van der Waals surface area contributed by atoms with Gasteiger partial charge in [-0.3, -0.25) is 14.4 Å². The molecule has 0 aliphatic heterocycles. The fourth-order valence-corrected chi connectivity index (χ4v) is 2.04. The van der Waals surface area contributed by atoms with Crippen LogP contribution in [0.5, 0.6) is 0 Å². The van der Waals surface area contributed by atoms with E-state index in [0.717, 1.165) is 6.42 Å². The number of hydrogen-bond donors (Lipinski definition) is 1. The predicted molar refractivity (Wildman–Crippen MR) is 78.3 cm³/mol. The number of carbonyl (C=O) groups is 3. The van der Waals surface area contributed by atoms with Gasteiger partial charge in [-0.2, -0.15) is 0 Å². The van der Waals surface area contributed by atoms with Gasteiger partial charge in [-0.15, -0.1) is 6.58 Å². The molecule has 0 saturated heterocycles. The summed E-state index contributed by atoms with van der Waals surface area (Å²) in [4.78, 5) is 36.5. The van der Waals surface area contributed by atoms with Gasteiger partial charge in [-0.1, -0.05) is 13.0 Å². The Morgan fingerprint density at radius 3 is 2.62 bits per heavy atom. The van der Waals surface area contributed by atoms with E-state index in [1.807, 2.05) is 6.92 Å². The highest BCUT2D eigenvalue weighted by atomic mass is 16.5. The van der Waals surface area contributed by atoms with Crippen LogP contribution in [0.4, 0.5) is 0 Å². The Bertz CT molecular complexity index is 408. The molecule has 0 radical (unpaired) electrons. The average Bonchev–Trinajstić information content (AvgIpc) is 3.15. The molecule has 0 aromatic heterocycles. The summed E-state index contributed by atoms with van der Waals surface area (Å²) in [5.41, 5.74) is 0. The zero-order valence-corrected chi connectivity index (χ0v) is 12.8. The fraction of sp³-hybridized carbons (Fsp3) is 0.667. The van der Waals surface area contributed by atoms with Crippen LogP contribution >= 0.6 is 0 Å². The minimum Gasteiger partial charge on any atom is -0.465 e. The highest BCUT2D eigenvalue weighted by Gasteiger charge is 2.38. The van der Waals surface area contributed by atoms with Gasteiger partial charge in [0.15, 0.2) is 0 Å². The van der Waals surface area contributed by atoms with E-state index in [2.05, 4.69) is 11.9 Å². The highest BCUT2D eigenvalue weighted by Crippen LogP contribution is 2.37. The lowest BCUT2D eigenvalue weighted by Crippen LogP contribution is -2.38. The number of ether oxygens (including phenoxy) is 1. The summed E-state index contributed by atoms with van der Waals surface area (Å²) in [5.74, 6) is -0.0858. The van der Waals surface area contributed by atoms with Gasteiger partial charge in [0.05, 0.1) is 6.61 Å². The average molecular weight is 296 g/mol. The lowest BCUT2D eigenvalue weighted by molar-refractivity contribution is -0.148. The zero-order chi connectivity index (χ0) is 15.8. The molecule has 0 bridgehead atoms. The number of esters is 1. The molecule has 2 atom stereocenters. The molecule has 6 heteroatoms. The molecule has 1 N–H and O–H groups in total. The Morgan fingerprint density at radius 2 is 2.10 bits per heavy atom. The topological polar surface area (TPSA) is 75.7 Å². The third-order valence-corrected chi connectivity index (χ3v) is 3.41. The first kappa shape index (κ1) is 17.2. The van der Waals surface area contributed by atoms with Crippen molar-refractivity contribution in [2.75, 3.05) is 26.2 Å². The lowest BCUT2D eigenvalue weighted by atomic mass is 10.3. The van der Waals surface area contributed by atoms with Gasteiger partial charge in [0.25, 0.3) is 0 Å². The third-order valence-electron chi connectivity index (χ3n) is 3.41. The van der Waals surface area contributed by atoms with Crippen molar-refractivity contribution in [2.45, 2.75) is 26.7 Å². The molecule has 1 saturated carbocycles. The molecule has 1 rings (SSSR count). The maximum Gasteiger partial charge on any atom is 0.325 e. The van der Waals surface area contributed by atoms with Crippen LogP contribution in [0, 0.1) is 11.8 Å². The van der Waals surface area contributed by atoms with Crippen molar-refractivity contribution < 1.29 is 19.1 Å². The number of carbonyl (C=O) groups excluding carboxylic acids is 3. The Balaban J connectivity index is 2.32. The molecule has 0 spiro atoms. The van der Waals surface area contributed by atoms with Crippen molar-refractivity contribution in [1.29, 1.82) is 0 Å². The van der Waals surface area contributed by atoms with Crippen molar-refractivity contribution in [1.82, 2.24) is 10.2 Å². The molecule has 1 fully saturated rings. The van der Waals surface area contributed by atoms with E-state index in [4.69, 9.17) is 4.74 Å². The maximum atomic E-state index is 12.0. The van der Waals surface area contributed by atoms with Gasteiger partial charge >= 0.3 is 5.97 Å². The molecular weight excluding hydrogens is 272 g/mol. The van der Waals surface area contributed by atoms with Crippen LogP contribution in [0.2, 0.25) is 0 Å². The number of hydrogen-bond acceptors (Lipinski definition) is 4. The molecule has 21 heavy (non-hydrogen) atoms. The summed E-state index contributed by atoms with van der Waals surface area (Å²) in [5, 5.41) is 2.75. The normalized spacial score (nSPS) is 19.5. The number of nitrogens with one attached hydrogen (secondary N) is 1. The van der Waals surface area contributed by atoms with Crippen LogP contribution < -0.4 is 5.32 Å². The van der Waals surface area contributed by atoms with E-state index in [0.29, 0.717) is 5.92 Å². The Morgan fingerprint density at radius 1 is 1.43 bits per heavy atom. The van der Waals surface area contributed by atoms with Gasteiger partial charge in [0, 0.05) is 25.4 Å². The molecule has 0 aromatic rings. The molecule has 1 aliphatic carbocycles. The molecule has 1 aliphatic rings. The minimum absolute atomic E-state index is 0.0102. The van der Waals surface area contributed by atoms with E-state index in [1.165, 1.54) is 4.90 Å². The van der Waals surface area contributed by atoms with Gasteiger partial charge < -0.3 is 15.0 Å². The predicted octanol–water partition coefficient (Wildman–Crippen LogP) is 0.726. The second-order valence-electron chi connectivity index (χ2n) is 5.23. The maximum absolute atomic E-state index is 12.0. The fourth-order valence-electron chi connectivity index (χ4n) is 2.04. The summed E-state index contributed by atoms with van der Waals surface area (Å²) < 4.78 is 4.83. The Hall–Kier alpha value is -1.85. The van der Waals surface area contributed by atoms with E-state index in [-0.39, 0.29) is 50.4 Å². The van der Waals surface area contributed by atoms with Crippen molar-refractivity contribution >= 4 is 17.8 Å². The van der Waals surface area contributed by atoms with Gasteiger partial charge in [0.2, 0.25) is 11.8 Å².